The van der Waals surface area contributed by atoms with E-state index < -0.39 is 12.1 Å². The highest BCUT2D eigenvalue weighted by Gasteiger charge is 2.31. The Morgan fingerprint density at radius 1 is 1.13 bits per heavy atom. The van der Waals surface area contributed by atoms with Gasteiger partial charge in [-0.15, -0.1) is 0 Å². The number of ether oxygens (including phenoxy) is 1. The molecule has 1 amide bonds. The summed E-state index contributed by atoms with van der Waals surface area (Å²) in [5, 5.41) is 5.09. The van der Waals surface area contributed by atoms with E-state index in [2.05, 4.69) is 5.10 Å². The number of rotatable bonds is 5. The lowest BCUT2D eigenvalue weighted by Gasteiger charge is -2.21. The van der Waals surface area contributed by atoms with E-state index in [4.69, 9.17) is 27.9 Å². The second kappa shape index (κ2) is 8.73. The Hall–Kier alpha value is -2.83. The van der Waals surface area contributed by atoms with Crippen LogP contribution in [-0.2, 0) is 22.5 Å². The van der Waals surface area contributed by atoms with Crippen LogP contribution < -0.4 is 4.90 Å². The normalized spacial score (nSPS) is 13.7. The highest BCUT2D eigenvalue weighted by molar-refractivity contribution is 6.33. The number of fused-ring (bicyclic) bond motifs is 1. The minimum Gasteiger partial charge on any atom is -0.449 e. The summed E-state index contributed by atoms with van der Waals surface area (Å²) in [6, 6.07) is 15.1. The van der Waals surface area contributed by atoms with Crippen LogP contribution in [0, 0.1) is 6.92 Å². The molecule has 0 unspecified atom stereocenters. The van der Waals surface area contributed by atoms with Gasteiger partial charge in [0.05, 0.1) is 12.2 Å². The fraction of sp³-hybridized carbons (Fsp3) is 0.261. The minimum atomic E-state index is -0.957. The summed E-state index contributed by atoms with van der Waals surface area (Å²) in [6.07, 6.45) is -0.177. The molecule has 6 nitrogen and oxygen atoms in total. The number of aryl methyl sites for hydroxylation is 1. The van der Waals surface area contributed by atoms with Gasteiger partial charge < -0.3 is 9.64 Å². The van der Waals surface area contributed by atoms with Crippen molar-refractivity contribution in [1.29, 1.82) is 0 Å². The van der Waals surface area contributed by atoms with E-state index in [-0.39, 0.29) is 16.6 Å². The van der Waals surface area contributed by atoms with Gasteiger partial charge in [-0.3, -0.25) is 4.79 Å². The molecule has 0 saturated heterocycles. The fourth-order valence-corrected chi connectivity index (χ4v) is 4.24. The van der Waals surface area contributed by atoms with E-state index in [9.17, 15) is 9.59 Å². The summed E-state index contributed by atoms with van der Waals surface area (Å²) in [5.74, 6) is -0.947. The summed E-state index contributed by atoms with van der Waals surface area (Å²) in [7, 11) is 0. The number of para-hydroxylation sites is 1. The van der Waals surface area contributed by atoms with Crippen LogP contribution in [0.25, 0.3) is 0 Å². The number of anilines is 1. The van der Waals surface area contributed by atoms with E-state index in [1.165, 1.54) is 4.68 Å². The molecule has 1 aromatic heterocycles. The topological polar surface area (TPSA) is 64.4 Å². The monoisotopic (exact) mass is 457 g/mol. The Bertz CT molecular complexity index is 1160. The molecule has 4 rings (SSSR count). The minimum absolute atomic E-state index is 0.147. The molecule has 0 radical (unpaired) electrons. The van der Waals surface area contributed by atoms with Crippen molar-refractivity contribution in [3.8, 4) is 0 Å². The van der Waals surface area contributed by atoms with Crippen LogP contribution in [0.4, 0.5) is 5.69 Å². The Balaban J connectivity index is 1.49. The van der Waals surface area contributed by atoms with Gasteiger partial charge in [0, 0.05) is 17.3 Å². The molecule has 1 atom stereocenters. The number of aromatic nitrogens is 2. The number of amides is 1. The number of benzene rings is 2. The van der Waals surface area contributed by atoms with Crippen molar-refractivity contribution in [3.05, 3.63) is 81.1 Å². The maximum absolute atomic E-state index is 12.9. The van der Waals surface area contributed by atoms with Crippen molar-refractivity contribution >= 4 is 40.8 Å². The number of carbonyl (C=O) groups excluding carboxylic acids is 2. The Morgan fingerprint density at radius 2 is 1.84 bits per heavy atom. The molecule has 0 spiro atoms. The van der Waals surface area contributed by atoms with E-state index in [1.54, 1.807) is 24.8 Å². The average molecular weight is 458 g/mol. The van der Waals surface area contributed by atoms with Crippen LogP contribution in [0.15, 0.2) is 48.5 Å². The summed E-state index contributed by atoms with van der Waals surface area (Å²) < 4.78 is 6.98. The fourth-order valence-electron chi connectivity index (χ4n) is 3.73. The number of halogens is 2. The molecule has 31 heavy (non-hydrogen) atoms. The molecule has 0 aliphatic carbocycles. The van der Waals surface area contributed by atoms with Crippen molar-refractivity contribution < 1.29 is 14.3 Å². The van der Waals surface area contributed by atoms with Gasteiger partial charge in [0.1, 0.15) is 10.7 Å². The van der Waals surface area contributed by atoms with Gasteiger partial charge >= 0.3 is 5.97 Å². The molecule has 0 fully saturated rings. The molecule has 3 aromatic rings. The first-order valence-corrected chi connectivity index (χ1v) is 10.7. The Morgan fingerprint density at radius 3 is 2.61 bits per heavy atom. The molecule has 0 bridgehead atoms. The molecule has 160 valence electrons. The molecule has 1 aliphatic heterocycles. The van der Waals surface area contributed by atoms with Crippen LogP contribution >= 0.6 is 23.2 Å². The van der Waals surface area contributed by atoms with Crippen LogP contribution in [0.5, 0.6) is 0 Å². The molecule has 8 heteroatoms. The van der Waals surface area contributed by atoms with Gasteiger partial charge in [-0.25, -0.2) is 9.48 Å². The molecule has 0 saturated carbocycles. The summed E-state index contributed by atoms with van der Waals surface area (Å²) in [4.78, 5) is 27.4. The lowest BCUT2D eigenvalue weighted by molar-refractivity contribution is -0.126. The highest BCUT2D eigenvalue weighted by atomic mass is 35.5. The Labute approximate surface area is 190 Å². The number of hydrogen-bond donors (Lipinski definition) is 0. The van der Waals surface area contributed by atoms with Gasteiger partial charge in [0.25, 0.3) is 5.91 Å². The van der Waals surface area contributed by atoms with Crippen molar-refractivity contribution in [3.63, 3.8) is 0 Å². The van der Waals surface area contributed by atoms with Crippen molar-refractivity contribution in [2.24, 2.45) is 0 Å². The summed E-state index contributed by atoms with van der Waals surface area (Å²) in [5.41, 5.74) is 3.36. The van der Waals surface area contributed by atoms with E-state index in [1.807, 2.05) is 42.5 Å². The first-order chi connectivity index (χ1) is 14.9. The average Bonchev–Trinajstić information content (AvgIpc) is 3.29. The van der Waals surface area contributed by atoms with Crippen molar-refractivity contribution in [1.82, 2.24) is 9.78 Å². The first-order valence-electron chi connectivity index (χ1n) is 9.93. The van der Waals surface area contributed by atoms with Crippen LogP contribution in [0.3, 0.4) is 0 Å². The van der Waals surface area contributed by atoms with E-state index in [0.717, 1.165) is 23.2 Å². The number of carbonyl (C=O) groups is 2. The Kier molecular flexibility index (Phi) is 6.03. The molecule has 0 N–H and O–H groups in total. The lowest BCUT2D eigenvalue weighted by Crippen LogP contribution is -2.39. The van der Waals surface area contributed by atoms with Gasteiger partial charge in [0.2, 0.25) is 0 Å². The van der Waals surface area contributed by atoms with Gasteiger partial charge in [-0.05, 0) is 43.5 Å². The highest BCUT2D eigenvalue weighted by Crippen LogP contribution is 2.29. The van der Waals surface area contributed by atoms with Gasteiger partial charge in [-0.2, -0.15) is 5.10 Å². The van der Waals surface area contributed by atoms with E-state index >= 15 is 0 Å². The maximum Gasteiger partial charge on any atom is 0.343 e. The number of esters is 1. The van der Waals surface area contributed by atoms with E-state index in [0.29, 0.717) is 23.8 Å². The largest absolute Gasteiger partial charge is 0.449 e. The zero-order valence-corrected chi connectivity index (χ0v) is 18.7. The second-order valence-electron chi connectivity index (χ2n) is 7.42. The number of nitrogens with zero attached hydrogens (tertiary/aromatic N) is 3. The standard InChI is InChI=1S/C23H21Cl2N3O3/c1-14-20(21(25)28(26-14)13-17-8-3-5-9-18(17)24)23(30)31-15(2)22(29)27-12-11-16-7-4-6-10-19(16)27/h3-10,15H,11-13H2,1-2H3/t15-/m0/s1. The molecule has 1 aliphatic rings. The number of hydrogen-bond acceptors (Lipinski definition) is 4. The zero-order chi connectivity index (χ0) is 22.1. The van der Waals surface area contributed by atoms with Gasteiger partial charge in [0.15, 0.2) is 6.10 Å². The summed E-state index contributed by atoms with van der Waals surface area (Å²) >= 11 is 12.7. The van der Waals surface area contributed by atoms with Crippen molar-refractivity contribution in [2.45, 2.75) is 32.9 Å². The third kappa shape index (κ3) is 4.18. The quantitative estimate of drug-likeness (QED) is 0.521. The SMILES string of the molecule is Cc1nn(Cc2ccccc2Cl)c(Cl)c1C(=O)O[C@@H](C)C(=O)N1CCc2ccccc21. The van der Waals surface area contributed by atoms with Gasteiger partial charge in [-0.1, -0.05) is 59.6 Å². The third-order valence-electron chi connectivity index (χ3n) is 5.33. The second-order valence-corrected chi connectivity index (χ2v) is 8.18. The van der Waals surface area contributed by atoms with Crippen LogP contribution in [0.1, 0.15) is 34.1 Å². The smallest absolute Gasteiger partial charge is 0.343 e. The lowest BCUT2D eigenvalue weighted by atomic mass is 10.2. The predicted octanol–water partition coefficient (Wildman–Crippen LogP) is 4.68. The maximum atomic E-state index is 12.9. The molecular weight excluding hydrogens is 437 g/mol. The molecule has 2 aromatic carbocycles. The third-order valence-corrected chi connectivity index (χ3v) is 6.09. The molecule has 2 heterocycles. The van der Waals surface area contributed by atoms with Crippen LogP contribution in [0.2, 0.25) is 10.2 Å². The van der Waals surface area contributed by atoms with Crippen molar-refractivity contribution in [2.75, 3.05) is 11.4 Å². The van der Waals surface area contributed by atoms with Crippen LogP contribution in [-0.4, -0.2) is 34.3 Å². The predicted molar refractivity (Wildman–Crippen MR) is 120 cm³/mol. The summed E-state index contributed by atoms with van der Waals surface area (Å²) in [6.45, 7) is 4.12. The molecular formula is C23H21Cl2N3O3. The first kappa shape index (κ1) is 21.4. The zero-order valence-electron chi connectivity index (χ0n) is 17.1.